The normalized spacial score (nSPS) is 10.8. The number of anilines is 2. The summed E-state index contributed by atoms with van der Waals surface area (Å²) in [5.41, 5.74) is 13.5. The highest BCUT2D eigenvalue weighted by Gasteiger charge is 2.28. The van der Waals surface area contributed by atoms with Gasteiger partial charge in [0.2, 0.25) is 5.91 Å². The van der Waals surface area contributed by atoms with Crippen LogP contribution in [0.2, 0.25) is 0 Å². The van der Waals surface area contributed by atoms with Crippen LogP contribution in [0.3, 0.4) is 0 Å². The second-order valence-corrected chi connectivity index (χ2v) is 8.50. The van der Waals surface area contributed by atoms with Crippen molar-refractivity contribution in [1.29, 1.82) is 0 Å². The second-order valence-electron chi connectivity index (χ2n) is 7.73. The van der Waals surface area contributed by atoms with E-state index in [1.165, 1.54) is 17.0 Å². The van der Waals surface area contributed by atoms with E-state index in [0.29, 0.717) is 22.2 Å². The number of nitrogens with one attached hydrogen (secondary N) is 1. The zero-order valence-corrected chi connectivity index (χ0v) is 19.4. The number of carbonyl (C=O) groups excluding carboxylic acids is 3. The fourth-order valence-electron chi connectivity index (χ4n) is 3.50. The van der Waals surface area contributed by atoms with Crippen LogP contribution in [0.15, 0.2) is 54.6 Å². The standard InChI is InChI=1S/C24H21FN6O3S/c1-13-5-10-16-17(29-13)3-2-4-18(16)31(24(34)22-20(26)21(23(27)33)30-35-22)12-19(32)28-11-14-6-8-15(25)9-7-14/h2-10H,11-12,26H2,1H3,(H2,27,33)(H,28,32). The molecule has 5 N–H and O–H groups in total. The number of nitrogens with two attached hydrogens (primary N) is 2. The van der Waals surface area contributed by atoms with Gasteiger partial charge in [-0.15, -0.1) is 0 Å². The largest absolute Gasteiger partial charge is 0.395 e. The van der Waals surface area contributed by atoms with Crippen molar-refractivity contribution in [1.82, 2.24) is 14.7 Å². The van der Waals surface area contributed by atoms with Gasteiger partial charge < -0.3 is 16.8 Å². The Morgan fingerprint density at radius 1 is 1.09 bits per heavy atom. The van der Waals surface area contributed by atoms with Crippen LogP contribution in [0.5, 0.6) is 0 Å². The average Bonchev–Trinajstić information content (AvgIpc) is 3.22. The van der Waals surface area contributed by atoms with Crippen LogP contribution in [-0.4, -0.2) is 33.6 Å². The van der Waals surface area contributed by atoms with E-state index in [1.54, 1.807) is 36.4 Å². The topological polar surface area (TPSA) is 144 Å². The van der Waals surface area contributed by atoms with E-state index in [1.807, 2.05) is 13.0 Å². The number of hydrogen-bond donors (Lipinski definition) is 3. The Bertz CT molecular complexity index is 1440. The first-order valence-corrected chi connectivity index (χ1v) is 11.3. The van der Waals surface area contributed by atoms with Crippen molar-refractivity contribution in [2.75, 3.05) is 17.2 Å². The van der Waals surface area contributed by atoms with E-state index < -0.39 is 17.7 Å². The van der Waals surface area contributed by atoms with Crippen LogP contribution in [0.25, 0.3) is 10.9 Å². The lowest BCUT2D eigenvalue weighted by Crippen LogP contribution is -2.40. The summed E-state index contributed by atoms with van der Waals surface area (Å²) >= 11 is 0.732. The van der Waals surface area contributed by atoms with Gasteiger partial charge in [0.25, 0.3) is 11.8 Å². The lowest BCUT2D eigenvalue weighted by Gasteiger charge is -2.23. The van der Waals surface area contributed by atoms with Gasteiger partial charge >= 0.3 is 0 Å². The number of primary amides is 1. The van der Waals surface area contributed by atoms with Gasteiger partial charge in [-0.25, -0.2) is 4.39 Å². The quantitative estimate of drug-likeness (QED) is 0.362. The molecule has 3 amide bonds. The van der Waals surface area contributed by atoms with Gasteiger partial charge in [0, 0.05) is 17.6 Å². The molecule has 4 rings (SSSR count). The molecule has 0 saturated carbocycles. The Balaban J connectivity index is 1.68. The first kappa shape index (κ1) is 23.8. The highest BCUT2D eigenvalue weighted by atomic mass is 32.1. The molecule has 0 atom stereocenters. The summed E-state index contributed by atoms with van der Waals surface area (Å²) in [4.78, 5) is 43.8. The number of nitrogens with zero attached hydrogens (tertiary/aromatic N) is 3. The van der Waals surface area contributed by atoms with Crippen molar-refractivity contribution in [3.8, 4) is 0 Å². The van der Waals surface area contributed by atoms with E-state index in [0.717, 1.165) is 17.2 Å². The first-order valence-electron chi connectivity index (χ1n) is 10.5. The van der Waals surface area contributed by atoms with Gasteiger partial charge in [-0.3, -0.25) is 24.3 Å². The summed E-state index contributed by atoms with van der Waals surface area (Å²) in [7, 11) is 0. The maximum absolute atomic E-state index is 13.6. The molecule has 0 saturated heterocycles. The molecular formula is C24H21FN6O3S. The van der Waals surface area contributed by atoms with Crippen LogP contribution in [0.4, 0.5) is 15.8 Å². The molecule has 2 heterocycles. The monoisotopic (exact) mass is 492 g/mol. The van der Waals surface area contributed by atoms with Crippen molar-refractivity contribution in [3.05, 3.63) is 82.2 Å². The summed E-state index contributed by atoms with van der Waals surface area (Å²) in [6.45, 7) is 1.64. The summed E-state index contributed by atoms with van der Waals surface area (Å²) in [5, 5.41) is 3.38. The Hall–Kier alpha value is -4.38. The number of aryl methyl sites for hydroxylation is 1. The van der Waals surface area contributed by atoms with Crippen molar-refractivity contribution < 1.29 is 18.8 Å². The van der Waals surface area contributed by atoms with Crippen molar-refractivity contribution in [2.24, 2.45) is 5.73 Å². The molecule has 35 heavy (non-hydrogen) atoms. The average molecular weight is 493 g/mol. The number of halogens is 1. The van der Waals surface area contributed by atoms with Gasteiger partial charge in [-0.1, -0.05) is 18.2 Å². The van der Waals surface area contributed by atoms with E-state index in [4.69, 9.17) is 11.5 Å². The fraction of sp³-hybridized carbons (Fsp3) is 0.125. The Morgan fingerprint density at radius 2 is 1.83 bits per heavy atom. The number of hydrogen-bond acceptors (Lipinski definition) is 7. The number of amides is 3. The molecule has 0 fully saturated rings. The van der Waals surface area contributed by atoms with Crippen LogP contribution < -0.4 is 21.7 Å². The van der Waals surface area contributed by atoms with Crippen molar-refractivity contribution >= 4 is 51.5 Å². The second kappa shape index (κ2) is 9.85. The minimum atomic E-state index is -0.855. The molecule has 0 aliphatic carbocycles. The maximum atomic E-state index is 13.6. The lowest BCUT2D eigenvalue weighted by atomic mass is 10.1. The van der Waals surface area contributed by atoms with Crippen LogP contribution in [0.1, 0.15) is 31.4 Å². The lowest BCUT2D eigenvalue weighted by molar-refractivity contribution is -0.119. The van der Waals surface area contributed by atoms with E-state index in [9.17, 15) is 18.8 Å². The predicted octanol–water partition coefficient (Wildman–Crippen LogP) is 2.78. The zero-order valence-electron chi connectivity index (χ0n) is 18.6. The van der Waals surface area contributed by atoms with Gasteiger partial charge in [-0.05, 0) is 60.4 Å². The molecule has 4 aromatic rings. The smallest absolute Gasteiger partial charge is 0.272 e. The summed E-state index contributed by atoms with van der Waals surface area (Å²) in [5.74, 6) is -2.31. The number of nitrogen functional groups attached to an aromatic ring is 1. The van der Waals surface area contributed by atoms with Gasteiger partial charge in [0.15, 0.2) is 5.69 Å². The molecule has 0 unspecified atom stereocenters. The third-order valence-electron chi connectivity index (χ3n) is 5.24. The van der Waals surface area contributed by atoms with Gasteiger partial charge in [-0.2, -0.15) is 4.37 Å². The first-order chi connectivity index (χ1) is 16.7. The minimum Gasteiger partial charge on any atom is -0.395 e. The highest BCUT2D eigenvalue weighted by molar-refractivity contribution is 7.09. The van der Waals surface area contributed by atoms with Crippen LogP contribution in [-0.2, 0) is 11.3 Å². The zero-order chi connectivity index (χ0) is 25.1. The molecule has 2 aromatic heterocycles. The van der Waals surface area contributed by atoms with Crippen LogP contribution >= 0.6 is 11.5 Å². The molecule has 2 aromatic carbocycles. The van der Waals surface area contributed by atoms with Gasteiger partial charge in [0.05, 0.1) is 16.9 Å². The number of carbonyl (C=O) groups is 3. The molecular weight excluding hydrogens is 471 g/mol. The molecule has 0 aliphatic rings. The number of benzene rings is 2. The van der Waals surface area contributed by atoms with Crippen molar-refractivity contribution in [3.63, 3.8) is 0 Å². The summed E-state index contributed by atoms with van der Waals surface area (Å²) in [6.07, 6.45) is 0. The van der Waals surface area contributed by atoms with E-state index >= 15 is 0 Å². The molecule has 11 heteroatoms. The minimum absolute atomic E-state index is 0.0118. The highest BCUT2D eigenvalue weighted by Crippen LogP contribution is 2.30. The molecule has 0 spiro atoms. The van der Waals surface area contributed by atoms with E-state index in [-0.39, 0.29) is 35.2 Å². The number of fused-ring (bicyclic) bond motifs is 1. The third kappa shape index (κ3) is 5.09. The molecule has 0 bridgehead atoms. The molecule has 9 nitrogen and oxygen atoms in total. The summed E-state index contributed by atoms with van der Waals surface area (Å²) in [6, 6.07) is 14.5. The van der Waals surface area contributed by atoms with Gasteiger partial charge in [0.1, 0.15) is 17.2 Å². The summed E-state index contributed by atoms with van der Waals surface area (Å²) < 4.78 is 17.1. The SMILES string of the molecule is Cc1ccc2c(N(CC(=O)NCc3ccc(F)cc3)C(=O)c3snc(C(N)=O)c3N)cccc2n1. The van der Waals surface area contributed by atoms with Crippen molar-refractivity contribution in [2.45, 2.75) is 13.5 Å². The molecule has 178 valence electrons. The van der Waals surface area contributed by atoms with E-state index in [2.05, 4.69) is 14.7 Å². The number of pyridine rings is 1. The third-order valence-corrected chi connectivity index (χ3v) is 6.10. The molecule has 0 radical (unpaired) electrons. The number of rotatable bonds is 7. The Kier molecular flexibility index (Phi) is 6.69. The predicted molar refractivity (Wildman–Crippen MR) is 131 cm³/mol. The van der Waals surface area contributed by atoms with Crippen LogP contribution in [0, 0.1) is 12.7 Å². The Labute approximate surface area is 203 Å². The number of aromatic nitrogens is 2. The maximum Gasteiger partial charge on any atom is 0.272 e. The fourth-order valence-corrected chi connectivity index (χ4v) is 4.25. The molecule has 0 aliphatic heterocycles. The Morgan fingerprint density at radius 3 is 2.51 bits per heavy atom.